The number of aromatic amines is 1. The Balaban J connectivity index is 2.12. The number of unbranched alkanes of at least 4 members (excludes halogenated alkanes) is 1. The minimum absolute atomic E-state index is 0.0597. The Morgan fingerprint density at radius 2 is 1.88 bits per heavy atom. The van der Waals surface area contributed by atoms with E-state index >= 15 is 0 Å². The molecular formula is C20H33N7O5S. The summed E-state index contributed by atoms with van der Waals surface area (Å²) in [4.78, 5) is 56.6. The number of hydrogen-bond acceptors (Lipinski definition) is 8. The molecule has 12 nitrogen and oxygen atoms in total. The highest BCUT2D eigenvalue weighted by atomic mass is 32.1. The van der Waals surface area contributed by atoms with E-state index in [2.05, 4.69) is 43.9 Å². The highest BCUT2D eigenvalue weighted by Gasteiger charge is 2.31. The number of carboxylic acid groups (broad SMARTS) is 1. The monoisotopic (exact) mass is 483 g/mol. The van der Waals surface area contributed by atoms with Gasteiger partial charge < -0.3 is 37.1 Å². The molecule has 1 saturated heterocycles. The average Bonchev–Trinajstić information content (AvgIpc) is 3.50. The summed E-state index contributed by atoms with van der Waals surface area (Å²) in [5.41, 5.74) is 6.13. The number of aliphatic carboxylic acids is 1. The molecule has 0 bridgehead atoms. The number of imidazole rings is 1. The van der Waals surface area contributed by atoms with E-state index in [4.69, 9.17) is 5.73 Å². The molecule has 1 fully saturated rings. The number of nitrogens with one attached hydrogen (secondary N) is 5. The number of aromatic nitrogens is 2. The van der Waals surface area contributed by atoms with Gasteiger partial charge >= 0.3 is 5.97 Å². The highest BCUT2D eigenvalue weighted by Crippen LogP contribution is 2.08. The van der Waals surface area contributed by atoms with E-state index in [0.717, 1.165) is 13.0 Å². The van der Waals surface area contributed by atoms with Crippen LogP contribution in [0.4, 0.5) is 0 Å². The fourth-order valence-corrected chi connectivity index (χ4v) is 3.75. The van der Waals surface area contributed by atoms with E-state index in [1.807, 2.05) is 0 Å². The first-order valence-electron chi connectivity index (χ1n) is 11.0. The molecule has 1 aromatic rings. The molecular weight excluding hydrogens is 450 g/mol. The Kier molecular flexibility index (Phi) is 11.1. The van der Waals surface area contributed by atoms with Crippen molar-refractivity contribution in [3.8, 4) is 0 Å². The molecule has 0 aromatic carbocycles. The van der Waals surface area contributed by atoms with Crippen LogP contribution in [0.2, 0.25) is 0 Å². The predicted molar refractivity (Wildman–Crippen MR) is 124 cm³/mol. The number of nitrogens with zero attached hydrogens (tertiary/aromatic N) is 1. The summed E-state index contributed by atoms with van der Waals surface area (Å²) in [6, 6.07) is -3.51. The summed E-state index contributed by atoms with van der Waals surface area (Å²) in [5.74, 6) is -2.82. The van der Waals surface area contributed by atoms with Crippen molar-refractivity contribution in [2.45, 2.75) is 62.7 Å². The number of H-pyrrole nitrogens is 1. The molecule has 2 heterocycles. The fourth-order valence-electron chi connectivity index (χ4n) is 3.50. The molecule has 1 aromatic heterocycles. The van der Waals surface area contributed by atoms with Crippen molar-refractivity contribution in [1.29, 1.82) is 0 Å². The van der Waals surface area contributed by atoms with Crippen molar-refractivity contribution in [3.63, 3.8) is 0 Å². The van der Waals surface area contributed by atoms with Gasteiger partial charge in [-0.2, -0.15) is 12.6 Å². The molecule has 0 spiro atoms. The van der Waals surface area contributed by atoms with Gasteiger partial charge in [0.25, 0.3) is 0 Å². The maximum atomic E-state index is 13.1. The first kappa shape index (κ1) is 26.6. The topological polar surface area (TPSA) is 191 Å². The van der Waals surface area contributed by atoms with Crippen LogP contribution in [0.15, 0.2) is 12.5 Å². The summed E-state index contributed by atoms with van der Waals surface area (Å²) in [6.07, 6.45) is 6.22. The third-order valence-electron chi connectivity index (χ3n) is 5.37. The highest BCUT2D eigenvalue weighted by molar-refractivity contribution is 7.80. The molecule has 0 radical (unpaired) electrons. The Hall–Kier alpha value is -2.64. The molecule has 3 amide bonds. The zero-order valence-corrected chi connectivity index (χ0v) is 19.3. The van der Waals surface area contributed by atoms with E-state index in [9.17, 15) is 24.3 Å². The van der Waals surface area contributed by atoms with Crippen LogP contribution in [-0.4, -0.2) is 81.8 Å². The van der Waals surface area contributed by atoms with Crippen molar-refractivity contribution in [2.75, 3.05) is 18.8 Å². The van der Waals surface area contributed by atoms with Gasteiger partial charge in [0.05, 0.1) is 12.4 Å². The Morgan fingerprint density at radius 3 is 2.45 bits per heavy atom. The van der Waals surface area contributed by atoms with Gasteiger partial charge in [-0.3, -0.25) is 14.4 Å². The molecule has 1 aliphatic heterocycles. The summed E-state index contributed by atoms with van der Waals surface area (Å²) in [5, 5.41) is 20.1. The second-order valence-corrected chi connectivity index (χ2v) is 8.28. The number of thiol groups is 1. The third kappa shape index (κ3) is 8.67. The number of carbonyl (C=O) groups is 4. The smallest absolute Gasteiger partial charge is 0.327 e. The van der Waals surface area contributed by atoms with Gasteiger partial charge in [-0.25, -0.2) is 9.78 Å². The van der Waals surface area contributed by atoms with Gasteiger partial charge in [-0.15, -0.1) is 0 Å². The van der Waals surface area contributed by atoms with Gasteiger partial charge in [0.1, 0.15) is 18.1 Å². The second-order valence-electron chi connectivity index (χ2n) is 7.92. The van der Waals surface area contributed by atoms with Crippen LogP contribution in [0, 0.1) is 0 Å². The zero-order valence-electron chi connectivity index (χ0n) is 18.4. The number of carboxylic acids is 1. The normalized spacial score (nSPS) is 18.2. The largest absolute Gasteiger partial charge is 0.480 e. The molecule has 4 unspecified atom stereocenters. The van der Waals surface area contributed by atoms with Crippen LogP contribution in [0.3, 0.4) is 0 Å². The van der Waals surface area contributed by atoms with Gasteiger partial charge in [-0.05, 0) is 45.2 Å². The van der Waals surface area contributed by atoms with Gasteiger partial charge in [0, 0.05) is 24.1 Å². The summed E-state index contributed by atoms with van der Waals surface area (Å²) < 4.78 is 0. The maximum Gasteiger partial charge on any atom is 0.327 e. The lowest BCUT2D eigenvalue weighted by Crippen LogP contribution is -2.57. The molecule has 184 valence electrons. The lowest BCUT2D eigenvalue weighted by atomic mass is 10.1. The van der Waals surface area contributed by atoms with Crippen LogP contribution < -0.4 is 27.0 Å². The molecule has 33 heavy (non-hydrogen) atoms. The Bertz CT molecular complexity index is 786. The maximum absolute atomic E-state index is 13.1. The zero-order chi connectivity index (χ0) is 24.2. The van der Waals surface area contributed by atoms with Crippen molar-refractivity contribution in [2.24, 2.45) is 5.73 Å². The van der Waals surface area contributed by atoms with Crippen molar-refractivity contribution in [3.05, 3.63) is 18.2 Å². The summed E-state index contributed by atoms with van der Waals surface area (Å²) >= 11 is 3.95. The standard InChI is InChI=1S/C20H33N7O5S/c21-6-2-1-4-14(25-17(28)13-5-3-7-23-13)18(29)26-15(8-12-9-22-11-24-12)19(30)27-16(10-33)20(31)32/h9,11,13-16,23,33H,1-8,10,21H2,(H,22,24)(H,25,28)(H,26,29)(H,27,30)(H,31,32). The SMILES string of the molecule is NCCCCC(NC(=O)C1CCCN1)C(=O)NC(Cc1cnc[nH]1)C(=O)NC(CS)C(=O)O. The lowest BCUT2D eigenvalue weighted by Gasteiger charge is -2.25. The first-order valence-corrected chi connectivity index (χ1v) is 11.6. The van der Waals surface area contributed by atoms with Crippen molar-refractivity contribution in [1.82, 2.24) is 31.2 Å². The van der Waals surface area contributed by atoms with Crippen molar-refractivity contribution < 1.29 is 24.3 Å². The van der Waals surface area contributed by atoms with E-state index in [-0.39, 0.29) is 24.1 Å². The number of amides is 3. The minimum Gasteiger partial charge on any atom is -0.480 e. The molecule has 2 rings (SSSR count). The number of rotatable bonds is 14. The predicted octanol–water partition coefficient (Wildman–Crippen LogP) is -1.70. The minimum atomic E-state index is -1.24. The molecule has 8 N–H and O–H groups in total. The van der Waals surface area contributed by atoms with Crippen molar-refractivity contribution >= 4 is 36.3 Å². The summed E-state index contributed by atoms with van der Waals surface area (Å²) in [7, 11) is 0. The number of hydrogen-bond donors (Lipinski definition) is 8. The molecule has 0 saturated carbocycles. The molecule has 1 aliphatic rings. The van der Waals surface area contributed by atoms with E-state index in [1.165, 1.54) is 12.5 Å². The molecule has 4 atom stereocenters. The summed E-state index contributed by atoms with van der Waals surface area (Å²) in [6.45, 7) is 1.20. The van der Waals surface area contributed by atoms with Gasteiger partial charge in [-0.1, -0.05) is 0 Å². The van der Waals surface area contributed by atoms with Crippen LogP contribution in [0.5, 0.6) is 0 Å². The Labute approximate surface area is 197 Å². The van der Waals surface area contributed by atoms with E-state index in [0.29, 0.717) is 37.9 Å². The van der Waals surface area contributed by atoms with Crippen LogP contribution >= 0.6 is 12.6 Å². The van der Waals surface area contributed by atoms with Gasteiger partial charge in [0.15, 0.2) is 0 Å². The first-order chi connectivity index (χ1) is 15.8. The van der Waals surface area contributed by atoms with Crippen LogP contribution in [0.1, 0.15) is 37.8 Å². The quantitative estimate of drug-likeness (QED) is 0.113. The average molecular weight is 484 g/mol. The lowest BCUT2D eigenvalue weighted by molar-refractivity contribution is -0.141. The third-order valence-corrected chi connectivity index (χ3v) is 5.73. The van der Waals surface area contributed by atoms with E-state index in [1.54, 1.807) is 0 Å². The fraction of sp³-hybridized carbons (Fsp3) is 0.650. The number of nitrogens with two attached hydrogens (primary N) is 1. The molecule has 13 heteroatoms. The van der Waals surface area contributed by atoms with E-state index < -0.39 is 35.9 Å². The molecule has 0 aliphatic carbocycles. The Morgan fingerprint density at radius 1 is 1.15 bits per heavy atom. The van der Waals surface area contributed by atoms with Crippen LogP contribution in [-0.2, 0) is 25.6 Å². The second kappa shape index (κ2) is 13.8. The van der Waals surface area contributed by atoms with Crippen LogP contribution in [0.25, 0.3) is 0 Å². The van der Waals surface area contributed by atoms with Gasteiger partial charge in [0.2, 0.25) is 17.7 Å². The number of carbonyl (C=O) groups excluding carboxylic acids is 3.